The van der Waals surface area contributed by atoms with Crippen molar-refractivity contribution in [2.75, 3.05) is 21.3 Å². The monoisotopic (exact) mass is 470 g/mol. The van der Waals surface area contributed by atoms with Crippen molar-refractivity contribution in [2.24, 2.45) is 5.10 Å². The number of benzene rings is 3. The van der Waals surface area contributed by atoms with Gasteiger partial charge in [-0.15, -0.1) is 0 Å². The zero-order valence-electron chi connectivity index (χ0n) is 18.1. The third-order valence-corrected chi connectivity index (χ3v) is 5.66. The van der Waals surface area contributed by atoms with Crippen LogP contribution < -0.4 is 23.8 Å². The third kappa shape index (κ3) is 6.01. The first kappa shape index (κ1) is 23.6. The standard InChI is InChI=1S/C23H22N2O7S/c1-29-18-12-17(13-19(14-18)30-2)23(26)32-21-10-9-16(11-22(21)31-3)15-24-25-33(27,28)20-7-5-4-6-8-20/h4-15,25H,1-3H3. The van der Waals surface area contributed by atoms with Crippen molar-refractivity contribution >= 4 is 22.2 Å². The highest BCUT2D eigenvalue weighted by Crippen LogP contribution is 2.29. The van der Waals surface area contributed by atoms with Crippen molar-refractivity contribution in [1.29, 1.82) is 0 Å². The first-order chi connectivity index (χ1) is 15.9. The van der Waals surface area contributed by atoms with E-state index in [0.717, 1.165) is 0 Å². The molecule has 0 bridgehead atoms. The molecule has 0 aliphatic rings. The molecule has 9 nitrogen and oxygen atoms in total. The molecule has 3 aromatic rings. The molecule has 0 radical (unpaired) electrons. The van der Waals surface area contributed by atoms with Gasteiger partial charge < -0.3 is 18.9 Å². The van der Waals surface area contributed by atoms with E-state index in [2.05, 4.69) is 9.93 Å². The van der Waals surface area contributed by atoms with Crippen LogP contribution in [0.25, 0.3) is 0 Å². The lowest BCUT2D eigenvalue weighted by atomic mass is 10.2. The summed E-state index contributed by atoms with van der Waals surface area (Å²) in [6, 6.07) is 17.2. The van der Waals surface area contributed by atoms with Gasteiger partial charge in [0.25, 0.3) is 10.0 Å². The highest BCUT2D eigenvalue weighted by molar-refractivity contribution is 7.89. The van der Waals surface area contributed by atoms with Crippen LogP contribution in [-0.2, 0) is 10.0 Å². The van der Waals surface area contributed by atoms with Crippen molar-refractivity contribution in [3.63, 3.8) is 0 Å². The van der Waals surface area contributed by atoms with E-state index in [1.807, 2.05) is 0 Å². The Labute approximate surface area is 191 Å². The molecule has 0 unspecified atom stereocenters. The van der Waals surface area contributed by atoms with Gasteiger partial charge in [0.15, 0.2) is 11.5 Å². The molecule has 172 valence electrons. The molecule has 3 aromatic carbocycles. The van der Waals surface area contributed by atoms with Gasteiger partial charge in [-0.1, -0.05) is 18.2 Å². The Morgan fingerprint density at radius 1 is 0.848 bits per heavy atom. The number of hydrazone groups is 1. The zero-order valence-corrected chi connectivity index (χ0v) is 19.0. The van der Waals surface area contributed by atoms with Crippen LogP contribution in [0.2, 0.25) is 0 Å². The second-order valence-electron chi connectivity index (χ2n) is 6.57. The van der Waals surface area contributed by atoms with E-state index in [1.165, 1.54) is 57.9 Å². The first-order valence-electron chi connectivity index (χ1n) is 9.59. The van der Waals surface area contributed by atoms with Gasteiger partial charge in [0.05, 0.1) is 38.0 Å². The number of carbonyl (C=O) groups is 1. The molecule has 0 heterocycles. The molecular weight excluding hydrogens is 448 g/mol. The number of hydrogen-bond acceptors (Lipinski definition) is 8. The van der Waals surface area contributed by atoms with E-state index in [-0.39, 0.29) is 22.0 Å². The second kappa shape index (κ2) is 10.5. The largest absolute Gasteiger partial charge is 0.497 e. The lowest BCUT2D eigenvalue weighted by Gasteiger charge is -2.11. The maximum Gasteiger partial charge on any atom is 0.343 e. The summed E-state index contributed by atoms with van der Waals surface area (Å²) < 4.78 is 45.6. The quantitative estimate of drug-likeness (QED) is 0.221. The number of esters is 1. The number of sulfonamides is 1. The number of carbonyl (C=O) groups excluding carboxylic acids is 1. The smallest absolute Gasteiger partial charge is 0.343 e. The lowest BCUT2D eigenvalue weighted by Crippen LogP contribution is -2.18. The average Bonchev–Trinajstić information content (AvgIpc) is 2.84. The summed E-state index contributed by atoms with van der Waals surface area (Å²) in [4.78, 5) is 14.9. The van der Waals surface area contributed by atoms with Gasteiger partial charge in [0.1, 0.15) is 11.5 Å². The predicted octanol–water partition coefficient (Wildman–Crippen LogP) is 3.24. The van der Waals surface area contributed by atoms with Gasteiger partial charge >= 0.3 is 5.97 Å². The van der Waals surface area contributed by atoms with Crippen LogP contribution in [0.15, 0.2) is 76.7 Å². The van der Waals surface area contributed by atoms with Crippen LogP contribution in [0, 0.1) is 0 Å². The maximum atomic E-state index is 12.6. The average molecular weight is 471 g/mol. The fraction of sp³-hybridized carbons (Fsp3) is 0.130. The van der Waals surface area contributed by atoms with Crippen LogP contribution in [0.1, 0.15) is 15.9 Å². The van der Waals surface area contributed by atoms with Gasteiger partial charge in [-0.3, -0.25) is 0 Å². The zero-order chi connectivity index (χ0) is 23.8. The number of ether oxygens (including phenoxy) is 4. The molecule has 0 aromatic heterocycles. The second-order valence-corrected chi connectivity index (χ2v) is 8.23. The summed E-state index contributed by atoms with van der Waals surface area (Å²) in [7, 11) is 0.594. The number of methoxy groups -OCH3 is 3. The molecule has 3 rings (SSSR count). The topological polar surface area (TPSA) is 113 Å². The summed E-state index contributed by atoms with van der Waals surface area (Å²) in [6.07, 6.45) is 1.31. The van der Waals surface area contributed by atoms with Gasteiger partial charge in [0.2, 0.25) is 0 Å². The number of hydrogen-bond donors (Lipinski definition) is 1. The molecule has 0 saturated carbocycles. The highest BCUT2D eigenvalue weighted by Gasteiger charge is 2.16. The molecule has 0 aliphatic carbocycles. The first-order valence-corrected chi connectivity index (χ1v) is 11.1. The fourth-order valence-corrected chi connectivity index (χ4v) is 3.57. The lowest BCUT2D eigenvalue weighted by molar-refractivity contribution is 0.0729. The van der Waals surface area contributed by atoms with Crippen LogP contribution >= 0.6 is 0 Å². The molecule has 10 heteroatoms. The predicted molar refractivity (Wildman–Crippen MR) is 122 cm³/mol. The van der Waals surface area contributed by atoms with E-state index < -0.39 is 16.0 Å². The minimum atomic E-state index is -3.78. The number of nitrogens with zero attached hydrogens (tertiary/aromatic N) is 1. The summed E-state index contributed by atoms with van der Waals surface area (Å²) in [5.41, 5.74) is 0.750. The van der Waals surface area contributed by atoms with Crippen LogP contribution in [0.5, 0.6) is 23.0 Å². The molecule has 0 saturated heterocycles. The molecule has 33 heavy (non-hydrogen) atoms. The Bertz CT molecular complexity index is 1240. The summed E-state index contributed by atoms with van der Waals surface area (Å²) in [5.74, 6) is 0.678. The van der Waals surface area contributed by atoms with E-state index in [9.17, 15) is 13.2 Å². The molecule has 1 N–H and O–H groups in total. The molecule has 0 aliphatic heterocycles. The third-order valence-electron chi connectivity index (χ3n) is 4.42. The van der Waals surface area contributed by atoms with Crippen molar-refractivity contribution in [3.8, 4) is 23.0 Å². The number of nitrogens with one attached hydrogen (secondary N) is 1. The SMILES string of the molecule is COc1cc(OC)cc(C(=O)Oc2ccc(C=NNS(=O)(=O)c3ccccc3)cc2OC)c1. The van der Waals surface area contributed by atoms with Crippen molar-refractivity contribution in [3.05, 3.63) is 77.9 Å². The summed E-state index contributed by atoms with van der Waals surface area (Å²) in [5, 5.41) is 3.79. The molecular formula is C23H22N2O7S. The van der Waals surface area contributed by atoms with Gasteiger partial charge in [0, 0.05) is 6.07 Å². The normalized spacial score (nSPS) is 11.1. The molecule has 0 amide bonds. The van der Waals surface area contributed by atoms with Gasteiger partial charge in [-0.05, 0) is 48.0 Å². The summed E-state index contributed by atoms with van der Waals surface area (Å²) in [6.45, 7) is 0. The van der Waals surface area contributed by atoms with Gasteiger partial charge in [-0.2, -0.15) is 13.5 Å². The van der Waals surface area contributed by atoms with E-state index in [1.54, 1.807) is 36.4 Å². The van der Waals surface area contributed by atoms with Crippen LogP contribution in [0.4, 0.5) is 0 Å². The number of rotatable bonds is 9. The van der Waals surface area contributed by atoms with Crippen molar-refractivity contribution < 1.29 is 32.2 Å². The minimum absolute atomic E-state index is 0.0937. The maximum absolute atomic E-state index is 12.6. The van der Waals surface area contributed by atoms with E-state index in [4.69, 9.17) is 18.9 Å². The molecule has 0 atom stereocenters. The van der Waals surface area contributed by atoms with Crippen molar-refractivity contribution in [2.45, 2.75) is 4.90 Å². The van der Waals surface area contributed by atoms with Crippen LogP contribution in [-0.4, -0.2) is 41.9 Å². The Kier molecular flexibility index (Phi) is 7.52. The Morgan fingerprint density at radius 2 is 1.52 bits per heavy atom. The molecule has 0 spiro atoms. The Hall–Kier alpha value is -4.05. The molecule has 0 fully saturated rings. The Morgan fingerprint density at radius 3 is 2.12 bits per heavy atom. The minimum Gasteiger partial charge on any atom is -0.497 e. The van der Waals surface area contributed by atoms with Gasteiger partial charge in [-0.25, -0.2) is 9.63 Å². The van der Waals surface area contributed by atoms with Crippen LogP contribution in [0.3, 0.4) is 0 Å². The Balaban J connectivity index is 1.75. The van der Waals surface area contributed by atoms with E-state index >= 15 is 0 Å². The fourth-order valence-electron chi connectivity index (χ4n) is 2.76. The summed E-state index contributed by atoms with van der Waals surface area (Å²) >= 11 is 0. The highest BCUT2D eigenvalue weighted by atomic mass is 32.2. The van der Waals surface area contributed by atoms with E-state index in [0.29, 0.717) is 17.1 Å². The van der Waals surface area contributed by atoms with Crippen molar-refractivity contribution in [1.82, 2.24) is 4.83 Å².